The molecular formula is C15H14N3O4P. The van der Waals surface area contributed by atoms with E-state index in [4.69, 9.17) is 0 Å². The summed E-state index contributed by atoms with van der Waals surface area (Å²) in [6, 6.07) is 12.5. The van der Waals surface area contributed by atoms with Gasteiger partial charge in [0, 0.05) is 24.0 Å². The van der Waals surface area contributed by atoms with E-state index in [9.17, 15) is 19.6 Å². The van der Waals surface area contributed by atoms with Crippen LogP contribution in [0.5, 0.6) is 0 Å². The molecule has 0 fully saturated rings. The van der Waals surface area contributed by atoms with E-state index in [0.29, 0.717) is 17.6 Å². The van der Waals surface area contributed by atoms with Crippen molar-refractivity contribution < 1.29 is 14.4 Å². The van der Waals surface area contributed by atoms with Crippen LogP contribution < -0.4 is 10.9 Å². The summed E-state index contributed by atoms with van der Waals surface area (Å²) in [5, 5.41) is 11.2. The second-order valence-electron chi connectivity index (χ2n) is 5.00. The number of nitrogens with zero attached hydrogens (tertiary/aromatic N) is 3. The smallest absolute Gasteiger partial charge is 0.293 e. The van der Waals surface area contributed by atoms with Crippen LogP contribution in [0.4, 0.5) is 5.69 Å². The Labute approximate surface area is 131 Å². The van der Waals surface area contributed by atoms with Crippen LogP contribution in [0.3, 0.4) is 0 Å². The maximum Gasteiger partial charge on any atom is 0.293 e. The number of imidazole rings is 1. The van der Waals surface area contributed by atoms with Gasteiger partial charge in [-0.2, -0.15) is 0 Å². The van der Waals surface area contributed by atoms with Crippen molar-refractivity contribution in [3.05, 3.63) is 58.6 Å². The number of benzene rings is 2. The largest absolute Gasteiger partial charge is 0.336 e. The van der Waals surface area contributed by atoms with Crippen LogP contribution in [0.2, 0.25) is 0 Å². The van der Waals surface area contributed by atoms with Crippen molar-refractivity contribution >= 4 is 35.0 Å². The molecular weight excluding hydrogens is 317 g/mol. The molecule has 0 spiro atoms. The predicted octanol–water partition coefficient (Wildman–Crippen LogP) is 2.19. The minimum absolute atomic E-state index is 0.0293. The molecule has 118 valence electrons. The minimum atomic E-state index is -3.88. The molecule has 1 aromatic heterocycles. The second kappa shape index (κ2) is 5.61. The zero-order valence-electron chi connectivity index (χ0n) is 12.3. The fourth-order valence-electron chi connectivity index (χ4n) is 2.50. The highest BCUT2D eigenvalue weighted by atomic mass is 31.2. The van der Waals surface area contributed by atoms with Gasteiger partial charge in [-0.15, -0.1) is 0 Å². The lowest BCUT2D eigenvalue weighted by atomic mass is 10.3. The number of aryl methyl sites for hydroxylation is 1. The Kier molecular flexibility index (Phi) is 3.75. The van der Waals surface area contributed by atoms with Gasteiger partial charge in [0.2, 0.25) is 5.57 Å². The fourth-order valence-corrected chi connectivity index (χ4v) is 4.13. The van der Waals surface area contributed by atoms with Gasteiger partial charge in [-0.25, -0.2) is 4.98 Å². The number of non-ortho nitro benzene ring substituents is 1. The van der Waals surface area contributed by atoms with Gasteiger partial charge >= 0.3 is 0 Å². The maximum absolute atomic E-state index is 12.9. The summed E-state index contributed by atoms with van der Waals surface area (Å²) < 4.78 is 14.5. The molecule has 1 N–H and O–H groups in total. The lowest BCUT2D eigenvalue weighted by Gasteiger charge is -2.13. The van der Waals surface area contributed by atoms with E-state index in [2.05, 4.69) is 4.98 Å². The summed E-state index contributed by atoms with van der Waals surface area (Å²) in [5.41, 5.74) is 0.882. The lowest BCUT2D eigenvalue weighted by Crippen LogP contribution is -2.24. The van der Waals surface area contributed by atoms with E-state index in [1.54, 1.807) is 41.8 Å². The first-order valence-electron chi connectivity index (χ1n) is 6.99. The standard InChI is InChI=1S/C15H14N3O4P/c1-2-17-14-10-11(18(19)20)8-9-13(14)16-15(17)23(21,22)12-6-4-3-5-7-12/h3-10H,2H2,1H3,(H,21,22). The average Bonchev–Trinajstić information content (AvgIpc) is 2.94. The van der Waals surface area contributed by atoms with Gasteiger partial charge in [0.05, 0.1) is 16.0 Å². The normalized spacial score (nSPS) is 13.8. The van der Waals surface area contributed by atoms with Crippen molar-refractivity contribution in [2.24, 2.45) is 0 Å². The minimum Gasteiger partial charge on any atom is -0.336 e. The van der Waals surface area contributed by atoms with Crippen molar-refractivity contribution in [3.63, 3.8) is 0 Å². The lowest BCUT2D eigenvalue weighted by molar-refractivity contribution is -0.384. The molecule has 0 aliphatic carbocycles. The number of fused-ring (bicyclic) bond motifs is 1. The van der Waals surface area contributed by atoms with Crippen molar-refractivity contribution in [3.8, 4) is 0 Å². The van der Waals surface area contributed by atoms with Crippen LogP contribution in [0, 0.1) is 10.1 Å². The highest BCUT2D eigenvalue weighted by Crippen LogP contribution is 2.38. The molecule has 0 amide bonds. The third kappa shape index (κ3) is 2.54. The summed E-state index contributed by atoms with van der Waals surface area (Å²) >= 11 is 0. The molecule has 0 bridgehead atoms. The van der Waals surface area contributed by atoms with Gasteiger partial charge in [0.25, 0.3) is 13.1 Å². The zero-order valence-corrected chi connectivity index (χ0v) is 13.2. The third-order valence-corrected chi connectivity index (χ3v) is 5.50. The first-order chi connectivity index (χ1) is 10.9. The molecule has 1 unspecified atom stereocenters. The Morgan fingerprint density at radius 3 is 2.57 bits per heavy atom. The van der Waals surface area contributed by atoms with Crippen LogP contribution >= 0.6 is 7.37 Å². The SMILES string of the molecule is CCn1c(P(=O)(O)c2ccccc2)nc2ccc([N+](=O)[O-])cc21. The summed E-state index contributed by atoms with van der Waals surface area (Å²) in [4.78, 5) is 25.3. The number of nitro benzene ring substituents is 1. The molecule has 0 saturated carbocycles. The zero-order chi connectivity index (χ0) is 16.6. The van der Waals surface area contributed by atoms with Crippen LogP contribution in [0.25, 0.3) is 11.0 Å². The van der Waals surface area contributed by atoms with Crippen molar-refractivity contribution in [2.45, 2.75) is 13.5 Å². The molecule has 23 heavy (non-hydrogen) atoms. The number of aromatic nitrogens is 2. The molecule has 1 heterocycles. The summed E-state index contributed by atoms with van der Waals surface area (Å²) in [7, 11) is -3.88. The third-order valence-electron chi connectivity index (χ3n) is 3.62. The van der Waals surface area contributed by atoms with E-state index >= 15 is 0 Å². The maximum atomic E-state index is 12.9. The van der Waals surface area contributed by atoms with Gasteiger partial charge in [-0.1, -0.05) is 18.2 Å². The number of hydrogen-bond donors (Lipinski definition) is 1. The topological polar surface area (TPSA) is 98.3 Å². The van der Waals surface area contributed by atoms with E-state index in [1.165, 1.54) is 18.2 Å². The van der Waals surface area contributed by atoms with Gasteiger partial charge in [-0.3, -0.25) is 14.7 Å². The Morgan fingerprint density at radius 1 is 1.26 bits per heavy atom. The number of rotatable bonds is 4. The molecule has 1 atom stereocenters. The van der Waals surface area contributed by atoms with Gasteiger partial charge < -0.3 is 9.46 Å². The van der Waals surface area contributed by atoms with Crippen LogP contribution in [-0.2, 0) is 11.1 Å². The molecule has 3 rings (SSSR count). The fraction of sp³-hybridized carbons (Fsp3) is 0.133. The second-order valence-corrected chi connectivity index (χ2v) is 7.07. The van der Waals surface area contributed by atoms with Gasteiger partial charge in [0.15, 0.2) is 0 Å². The number of hydrogen-bond acceptors (Lipinski definition) is 4. The molecule has 3 aromatic rings. The monoisotopic (exact) mass is 331 g/mol. The average molecular weight is 331 g/mol. The van der Waals surface area contributed by atoms with E-state index in [0.717, 1.165) is 0 Å². The Balaban J connectivity index is 2.26. The Morgan fingerprint density at radius 2 is 1.96 bits per heavy atom. The predicted molar refractivity (Wildman–Crippen MR) is 87.6 cm³/mol. The van der Waals surface area contributed by atoms with Crippen molar-refractivity contribution in [2.75, 3.05) is 0 Å². The van der Waals surface area contributed by atoms with Crippen molar-refractivity contribution in [1.82, 2.24) is 9.55 Å². The number of nitro groups is 1. The van der Waals surface area contributed by atoms with E-state index in [-0.39, 0.29) is 16.6 Å². The van der Waals surface area contributed by atoms with E-state index < -0.39 is 12.3 Å². The Bertz CT molecular complexity index is 937. The van der Waals surface area contributed by atoms with Crippen molar-refractivity contribution in [1.29, 1.82) is 0 Å². The molecule has 0 saturated heterocycles. The molecule has 7 nitrogen and oxygen atoms in total. The molecule has 8 heteroatoms. The van der Waals surface area contributed by atoms with Crippen LogP contribution in [0.15, 0.2) is 48.5 Å². The first-order valence-corrected chi connectivity index (χ1v) is 8.64. The molecule has 0 radical (unpaired) electrons. The molecule has 0 aliphatic rings. The Hall–Kier alpha value is -2.50. The van der Waals surface area contributed by atoms with Crippen LogP contribution in [0.1, 0.15) is 6.92 Å². The quantitative estimate of drug-likeness (QED) is 0.449. The molecule has 2 aromatic carbocycles. The van der Waals surface area contributed by atoms with E-state index in [1.807, 2.05) is 0 Å². The van der Waals surface area contributed by atoms with Crippen LogP contribution in [-0.4, -0.2) is 19.4 Å². The highest BCUT2D eigenvalue weighted by molar-refractivity contribution is 7.73. The van der Waals surface area contributed by atoms with Gasteiger partial charge in [0.1, 0.15) is 0 Å². The summed E-state index contributed by atoms with van der Waals surface area (Å²) in [6.45, 7) is 2.18. The molecule has 0 aliphatic heterocycles. The summed E-state index contributed by atoms with van der Waals surface area (Å²) in [5.74, 6) is 0. The summed E-state index contributed by atoms with van der Waals surface area (Å²) in [6.07, 6.45) is 0. The first kappa shape index (κ1) is 15.4. The van der Waals surface area contributed by atoms with Gasteiger partial charge in [-0.05, 0) is 25.1 Å². The highest BCUT2D eigenvalue weighted by Gasteiger charge is 2.31.